The average molecular weight is 270 g/mol. The van der Waals surface area contributed by atoms with E-state index in [2.05, 4.69) is 19.9 Å². The maximum absolute atomic E-state index is 12.7. The second-order valence-corrected chi connectivity index (χ2v) is 7.03. The summed E-state index contributed by atoms with van der Waals surface area (Å²) in [6.45, 7) is 5.15. The molecule has 2 saturated carbocycles. The molecule has 1 aromatic heterocycles. The Kier molecular flexibility index (Phi) is 1.97. The number of carbonyl (C=O) groups is 1. The molecule has 1 aliphatic heterocycles. The van der Waals surface area contributed by atoms with Crippen LogP contribution in [0.2, 0.25) is 0 Å². The third-order valence-corrected chi connectivity index (χ3v) is 6.72. The Morgan fingerprint density at radius 3 is 2.95 bits per heavy atom. The lowest BCUT2D eigenvalue weighted by molar-refractivity contribution is 0.0400. The number of piperidine rings is 1. The zero-order valence-corrected chi connectivity index (χ0v) is 11.8. The smallest absolute Gasteiger partial charge is 0.290 e. The number of furan rings is 1. The Bertz CT molecular complexity index is 631. The summed E-state index contributed by atoms with van der Waals surface area (Å²) in [6, 6.07) is 5.92. The zero-order valence-electron chi connectivity index (χ0n) is 11.8. The fourth-order valence-electron chi connectivity index (χ4n) is 5.29. The quantitative estimate of drug-likeness (QED) is 0.788. The molecule has 2 heterocycles. The first-order valence-corrected chi connectivity index (χ1v) is 7.25. The molecular weight excluding hydrogens is 252 g/mol. The van der Waals surface area contributed by atoms with Crippen molar-refractivity contribution in [1.82, 2.24) is 4.90 Å². The molecule has 0 aromatic carbocycles. The third kappa shape index (κ3) is 0.974. The number of rotatable bonds is 1. The number of nitrogens with zero attached hydrogens (tertiary/aromatic N) is 2. The molecular formula is C16H18N2O2. The van der Waals surface area contributed by atoms with E-state index >= 15 is 0 Å². The van der Waals surface area contributed by atoms with Gasteiger partial charge in [0.1, 0.15) is 5.54 Å². The SMILES string of the molecule is CC12CN(C(=O)c3ccco3)C3(C#N)CC1CCC23C. The van der Waals surface area contributed by atoms with Crippen molar-refractivity contribution in [2.45, 2.75) is 38.6 Å². The molecule has 0 N–H and O–H groups in total. The Morgan fingerprint density at radius 2 is 2.35 bits per heavy atom. The number of likely N-dealkylation sites (tertiary alicyclic amines) is 1. The highest BCUT2D eigenvalue weighted by Gasteiger charge is 2.79. The van der Waals surface area contributed by atoms with Crippen LogP contribution < -0.4 is 0 Å². The maximum atomic E-state index is 12.7. The molecule has 4 rings (SSSR count). The van der Waals surface area contributed by atoms with Crippen molar-refractivity contribution in [2.75, 3.05) is 6.54 Å². The van der Waals surface area contributed by atoms with Crippen LogP contribution in [0.25, 0.3) is 0 Å². The van der Waals surface area contributed by atoms with Gasteiger partial charge in [-0.05, 0) is 42.7 Å². The molecule has 104 valence electrons. The Labute approximate surface area is 118 Å². The Morgan fingerprint density at radius 1 is 1.55 bits per heavy atom. The standard InChI is InChI=1S/C16H18N2O2/c1-14-10-18(13(19)12-4-3-7-20-12)16(9-17)8-11(14)5-6-15(14,16)2/h3-4,7,11H,5-6,8,10H2,1-2H3. The van der Waals surface area contributed by atoms with Crippen LogP contribution in [0.15, 0.2) is 22.8 Å². The van der Waals surface area contributed by atoms with Gasteiger partial charge in [-0.25, -0.2) is 0 Å². The second-order valence-electron chi connectivity index (χ2n) is 7.03. The lowest BCUT2D eigenvalue weighted by Crippen LogP contribution is -2.54. The van der Waals surface area contributed by atoms with Crippen molar-refractivity contribution in [3.05, 3.63) is 24.2 Å². The molecule has 4 unspecified atom stereocenters. The highest BCUT2D eigenvalue weighted by molar-refractivity contribution is 5.93. The van der Waals surface area contributed by atoms with Crippen LogP contribution in [-0.2, 0) is 0 Å². The van der Waals surface area contributed by atoms with Gasteiger partial charge >= 0.3 is 0 Å². The fraction of sp³-hybridized carbons (Fsp3) is 0.625. The first-order valence-electron chi connectivity index (χ1n) is 7.25. The van der Waals surface area contributed by atoms with E-state index in [4.69, 9.17) is 4.42 Å². The Balaban J connectivity index is 1.82. The van der Waals surface area contributed by atoms with Gasteiger partial charge in [0, 0.05) is 12.0 Å². The van der Waals surface area contributed by atoms with E-state index in [-0.39, 0.29) is 16.7 Å². The number of hydrogen-bond acceptors (Lipinski definition) is 3. The minimum absolute atomic E-state index is 0.0744. The van der Waals surface area contributed by atoms with Gasteiger partial charge in [0.25, 0.3) is 5.91 Å². The van der Waals surface area contributed by atoms with Crippen LogP contribution in [0.3, 0.4) is 0 Å². The van der Waals surface area contributed by atoms with E-state index in [0.717, 1.165) is 12.8 Å². The summed E-state index contributed by atoms with van der Waals surface area (Å²) in [6.07, 6.45) is 4.57. The van der Waals surface area contributed by atoms with Crippen molar-refractivity contribution < 1.29 is 9.21 Å². The van der Waals surface area contributed by atoms with Crippen LogP contribution in [0.1, 0.15) is 43.7 Å². The van der Waals surface area contributed by atoms with Gasteiger partial charge in [0.05, 0.1) is 12.3 Å². The van der Waals surface area contributed by atoms with Crippen LogP contribution in [0, 0.1) is 28.1 Å². The summed E-state index contributed by atoms with van der Waals surface area (Å²) in [7, 11) is 0. The van der Waals surface area contributed by atoms with Crippen molar-refractivity contribution >= 4 is 5.91 Å². The van der Waals surface area contributed by atoms with Crippen LogP contribution in [0.4, 0.5) is 0 Å². The molecule has 20 heavy (non-hydrogen) atoms. The van der Waals surface area contributed by atoms with Gasteiger partial charge in [-0.15, -0.1) is 0 Å². The number of amides is 1. The lowest BCUT2D eigenvalue weighted by atomic mass is 9.66. The van der Waals surface area contributed by atoms with Gasteiger partial charge in [0.2, 0.25) is 0 Å². The molecule has 3 aliphatic rings. The summed E-state index contributed by atoms with van der Waals surface area (Å²) in [5.41, 5.74) is -0.652. The number of nitriles is 1. The predicted molar refractivity (Wildman–Crippen MR) is 71.6 cm³/mol. The van der Waals surface area contributed by atoms with Crippen LogP contribution in [-0.4, -0.2) is 22.9 Å². The maximum Gasteiger partial charge on any atom is 0.290 e. The molecule has 4 nitrogen and oxygen atoms in total. The molecule has 0 radical (unpaired) electrons. The van der Waals surface area contributed by atoms with Crippen molar-refractivity contribution in [1.29, 1.82) is 5.26 Å². The van der Waals surface area contributed by atoms with E-state index in [1.165, 1.54) is 12.7 Å². The monoisotopic (exact) mass is 270 g/mol. The molecule has 4 heteroatoms. The molecule has 1 saturated heterocycles. The van der Waals surface area contributed by atoms with Crippen molar-refractivity contribution in [3.63, 3.8) is 0 Å². The highest BCUT2D eigenvalue weighted by atomic mass is 16.3. The topological polar surface area (TPSA) is 57.2 Å². The minimum Gasteiger partial charge on any atom is -0.459 e. The van der Waals surface area contributed by atoms with E-state index in [9.17, 15) is 10.1 Å². The first kappa shape index (κ1) is 12.0. The van der Waals surface area contributed by atoms with Gasteiger partial charge in [-0.2, -0.15) is 5.26 Å². The molecule has 1 amide bonds. The van der Waals surface area contributed by atoms with Gasteiger partial charge in [-0.3, -0.25) is 4.79 Å². The number of carbonyl (C=O) groups excluding carboxylic acids is 1. The molecule has 2 aliphatic carbocycles. The predicted octanol–water partition coefficient (Wildman–Crippen LogP) is 2.82. The number of hydrogen-bond donors (Lipinski definition) is 0. The molecule has 1 aromatic rings. The van der Waals surface area contributed by atoms with Gasteiger partial charge in [0.15, 0.2) is 5.76 Å². The second kappa shape index (κ2) is 3.28. The fourth-order valence-corrected chi connectivity index (χ4v) is 5.29. The molecule has 3 fully saturated rings. The lowest BCUT2D eigenvalue weighted by Gasteiger charge is -2.42. The van der Waals surface area contributed by atoms with E-state index in [0.29, 0.717) is 18.2 Å². The van der Waals surface area contributed by atoms with Gasteiger partial charge < -0.3 is 9.32 Å². The van der Waals surface area contributed by atoms with Crippen LogP contribution >= 0.6 is 0 Å². The summed E-state index contributed by atoms with van der Waals surface area (Å²) in [5, 5.41) is 9.89. The van der Waals surface area contributed by atoms with Crippen molar-refractivity contribution in [3.8, 4) is 6.07 Å². The molecule has 4 atom stereocenters. The van der Waals surface area contributed by atoms with E-state index in [1.54, 1.807) is 17.0 Å². The summed E-state index contributed by atoms with van der Waals surface area (Å²) in [4.78, 5) is 14.5. The Hall–Kier alpha value is -1.76. The third-order valence-electron chi connectivity index (χ3n) is 6.72. The summed E-state index contributed by atoms with van der Waals surface area (Å²) >= 11 is 0. The average Bonchev–Trinajstić information content (AvgIpc) is 3.13. The van der Waals surface area contributed by atoms with Crippen molar-refractivity contribution in [2.24, 2.45) is 16.7 Å². The van der Waals surface area contributed by atoms with E-state index in [1.807, 2.05) is 0 Å². The summed E-state index contributed by atoms with van der Waals surface area (Å²) < 4.78 is 5.25. The normalized spacial score (nSPS) is 44.9. The molecule has 0 spiro atoms. The minimum atomic E-state index is -0.644. The largest absolute Gasteiger partial charge is 0.459 e. The van der Waals surface area contributed by atoms with E-state index < -0.39 is 5.54 Å². The van der Waals surface area contributed by atoms with Crippen LogP contribution in [0.5, 0.6) is 0 Å². The highest BCUT2D eigenvalue weighted by Crippen LogP contribution is 2.75. The summed E-state index contributed by atoms with van der Waals surface area (Å²) in [5.74, 6) is 0.787. The zero-order chi connectivity index (χ0) is 14.2. The van der Waals surface area contributed by atoms with Gasteiger partial charge in [-0.1, -0.05) is 13.8 Å². The first-order chi connectivity index (χ1) is 9.48. The molecule has 4 bridgehead atoms.